The molecule has 0 spiro atoms. The second-order valence-corrected chi connectivity index (χ2v) is 13.8. The molecule has 4 aliphatic rings. The van der Waals surface area contributed by atoms with E-state index < -0.39 is 28.9 Å². The maximum Gasteiger partial charge on any atom is 2.00 e. The van der Waals surface area contributed by atoms with Crippen molar-refractivity contribution in [2.24, 2.45) is 11.8 Å². The van der Waals surface area contributed by atoms with Crippen LogP contribution in [-0.2, 0) is 27.2 Å². The molecule has 3 aliphatic carbocycles. The number of rotatable bonds is 12. The molecule has 1 unspecified atom stereocenters. The number of ether oxygens (including phenoxy) is 1. The second kappa shape index (κ2) is 14.5. The van der Waals surface area contributed by atoms with E-state index in [-0.39, 0.29) is 66.1 Å². The first kappa shape index (κ1) is 37.7. The quantitative estimate of drug-likeness (QED) is 0.0659. The second-order valence-electron chi connectivity index (χ2n) is 13.8. The van der Waals surface area contributed by atoms with Gasteiger partial charge in [0.25, 0.3) is 0 Å². The number of carbonyl (C=O) groups is 3. The smallest absolute Gasteiger partial charge is 0.551 e. The molecule has 1 heterocycles. The SMILES string of the molecule is CC(C)=CCC/C(C)=C/Cc1c(N)c(CC=C(C)C)[c-]c(C(=O)C2=C[C@@H]3CC4[C-]2[C@@](C/C=C(/C)C(=O)O)(OC4(C)C)C3=O)c1O.[U+2]. The largest absolute Gasteiger partial charge is 2.00 e. The van der Waals surface area contributed by atoms with Gasteiger partial charge in [0.2, 0.25) is 0 Å². The Morgan fingerprint density at radius 3 is 2.33 bits per heavy atom. The standard InChI is InChI=1S/C38H47NO6.U/c1-21(2)10-9-11-23(5)13-15-27-32(39)25(14-12-22(3)4)18-29(33(27)40)34(41)28-19-26-20-30-31(28)38(35(26)42,45-37(30,7)8)17-16-24(6)36(43)44;/h10,12-13,16,19,26,30,40H,9,11,14-15,17,20,39H2,1-8H3,(H,43,44);/q-2;+2/b23-13+,24-16-;/t26-,30?,38-;/m1./s1. The molecule has 0 amide bonds. The summed E-state index contributed by atoms with van der Waals surface area (Å²) in [4.78, 5) is 39.9. The third kappa shape index (κ3) is 7.35. The van der Waals surface area contributed by atoms with E-state index in [9.17, 15) is 24.6 Å². The van der Waals surface area contributed by atoms with Gasteiger partial charge in [-0.1, -0.05) is 58.6 Å². The fourth-order valence-electron chi connectivity index (χ4n) is 6.80. The zero-order valence-electron chi connectivity index (χ0n) is 28.4. The number of hydrogen-bond acceptors (Lipinski definition) is 6. The molecule has 1 saturated carbocycles. The summed E-state index contributed by atoms with van der Waals surface area (Å²) in [7, 11) is 0. The molecule has 5 rings (SSSR count). The van der Waals surface area contributed by atoms with Crippen molar-refractivity contribution in [3.8, 4) is 5.75 Å². The number of nitrogens with two attached hydrogens (primary N) is 1. The Labute approximate surface area is 297 Å². The summed E-state index contributed by atoms with van der Waals surface area (Å²) >= 11 is 0. The Hall–Kier alpha value is -2.79. The number of aliphatic carboxylic acids is 1. The van der Waals surface area contributed by atoms with Gasteiger partial charge >= 0.3 is 37.1 Å². The van der Waals surface area contributed by atoms with E-state index in [4.69, 9.17) is 10.5 Å². The number of carboxylic acids is 1. The van der Waals surface area contributed by atoms with Gasteiger partial charge in [-0.2, -0.15) is 6.08 Å². The van der Waals surface area contributed by atoms with E-state index in [2.05, 4.69) is 26.0 Å². The number of anilines is 1. The molecule has 4 bridgehead atoms. The number of aromatic hydroxyl groups is 1. The van der Waals surface area contributed by atoms with Crippen LogP contribution in [0.25, 0.3) is 0 Å². The van der Waals surface area contributed by atoms with E-state index in [0.29, 0.717) is 47.6 Å². The number of allylic oxidation sites excluding steroid dienone is 7. The number of carboxylic acid groups (broad SMARTS) is 1. The molecule has 1 saturated heterocycles. The van der Waals surface area contributed by atoms with Crippen LogP contribution in [0.5, 0.6) is 5.75 Å². The average Bonchev–Trinajstić information content (AvgIpc) is 3.16. The normalized spacial score (nSPS) is 23.1. The van der Waals surface area contributed by atoms with Crippen molar-refractivity contribution in [1.82, 2.24) is 0 Å². The maximum absolute atomic E-state index is 14.5. The molecule has 1 aliphatic heterocycles. The van der Waals surface area contributed by atoms with Crippen molar-refractivity contribution in [2.75, 3.05) is 5.73 Å². The van der Waals surface area contributed by atoms with Crippen LogP contribution in [0.3, 0.4) is 0 Å². The minimum atomic E-state index is -1.43. The van der Waals surface area contributed by atoms with Crippen molar-refractivity contribution in [3.05, 3.63) is 86.9 Å². The molecule has 0 aromatic heterocycles. The van der Waals surface area contributed by atoms with E-state index in [1.165, 1.54) is 18.6 Å². The van der Waals surface area contributed by atoms with E-state index in [1.807, 2.05) is 46.8 Å². The van der Waals surface area contributed by atoms with E-state index in [0.717, 1.165) is 24.0 Å². The molecule has 46 heavy (non-hydrogen) atoms. The van der Waals surface area contributed by atoms with Gasteiger partial charge in [-0.05, 0) is 105 Å². The van der Waals surface area contributed by atoms with Crippen molar-refractivity contribution in [2.45, 2.75) is 105 Å². The predicted octanol–water partition coefficient (Wildman–Crippen LogP) is 7.39. The molecule has 2 fully saturated rings. The number of hydrogen-bond donors (Lipinski definition) is 3. The van der Waals surface area contributed by atoms with Crippen LogP contribution in [0, 0.1) is 54.9 Å². The number of Topliss-reactive ketones (excluding diaryl/α,β-unsaturated/α-hetero) is 2. The van der Waals surface area contributed by atoms with Crippen LogP contribution in [0.2, 0.25) is 0 Å². The van der Waals surface area contributed by atoms with Gasteiger partial charge in [-0.15, -0.1) is 23.1 Å². The van der Waals surface area contributed by atoms with Crippen LogP contribution in [0.4, 0.5) is 5.69 Å². The number of phenols is 1. The Morgan fingerprint density at radius 2 is 1.72 bits per heavy atom. The van der Waals surface area contributed by atoms with Gasteiger partial charge in [0.1, 0.15) is 5.60 Å². The Kier molecular flexibility index (Phi) is 11.9. The molecule has 7 nitrogen and oxygen atoms in total. The number of ketones is 2. The molecule has 0 radical (unpaired) electrons. The maximum atomic E-state index is 14.5. The Morgan fingerprint density at radius 1 is 1.07 bits per heavy atom. The number of phenolic OH excluding ortho intramolecular Hbond substituents is 1. The van der Waals surface area contributed by atoms with Gasteiger partial charge in [0.15, 0.2) is 5.78 Å². The van der Waals surface area contributed by atoms with Crippen LogP contribution in [-0.4, -0.2) is 39.0 Å². The molecular formula is C38H47NO6U. The Balaban J connectivity index is 0.00000576. The first-order valence-electron chi connectivity index (χ1n) is 15.8. The predicted molar refractivity (Wildman–Crippen MR) is 177 cm³/mol. The molecular weight excluding hydrogens is 804 g/mol. The van der Waals surface area contributed by atoms with Crippen LogP contribution >= 0.6 is 0 Å². The minimum Gasteiger partial charge on any atom is -0.551 e. The van der Waals surface area contributed by atoms with Crippen LogP contribution in [0.1, 0.15) is 103 Å². The summed E-state index contributed by atoms with van der Waals surface area (Å²) < 4.78 is 6.50. The summed E-state index contributed by atoms with van der Waals surface area (Å²) in [5, 5.41) is 21.1. The molecule has 244 valence electrons. The van der Waals surface area contributed by atoms with Gasteiger partial charge in [-0.3, -0.25) is 4.79 Å². The first-order chi connectivity index (χ1) is 21.0. The number of benzene rings is 1. The van der Waals surface area contributed by atoms with Crippen LogP contribution in [0.15, 0.2) is 58.2 Å². The van der Waals surface area contributed by atoms with Crippen molar-refractivity contribution < 1.29 is 60.4 Å². The first-order valence-corrected chi connectivity index (χ1v) is 15.8. The molecule has 1 aromatic carbocycles. The summed E-state index contributed by atoms with van der Waals surface area (Å²) in [6, 6.07) is 3.16. The fourth-order valence-corrected chi connectivity index (χ4v) is 6.80. The van der Waals surface area contributed by atoms with Gasteiger partial charge in [0.05, 0.1) is 11.4 Å². The van der Waals surface area contributed by atoms with E-state index >= 15 is 0 Å². The fraction of sp³-hybridized carbons (Fsp3) is 0.474. The number of nitrogen functional groups attached to an aromatic ring is 1. The topological polar surface area (TPSA) is 127 Å². The minimum absolute atomic E-state index is 0. The zero-order valence-corrected chi connectivity index (χ0v) is 32.6. The molecule has 8 heteroatoms. The molecule has 4 N–H and O–H groups in total. The Bertz CT molecular complexity index is 1570. The summed E-state index contributed by atoms with van der Waals surface area (Å²) in [6.45, 7) is 15.4. The van der Waals surface area contributed by atoms with Crippen molar-refractivity contribution >= 4 is 23.2 Å². The average molecular weight is 852 g/mol. The third-order valence-electron chi connectivity index (χ3n) is 9.36. The molecule has 3 atom stereocenters. The number of carbonyl (C=O) groups excluding carboxylic acids is 2. The third-order valence-corrected chi connectivity index (χ3v) is 9.36. The van der Waals surface area contributed by atoms with Gasteiger partial charge in [-0.25, -0.2) is 4.79 Å². The summed E-state index contributed by atoms with van der Waals surface area (Å²) in [6.07, 6.45) is 12.6. The van der Waals surface area contributed by atoms with Gasteiger partial charge in [0, 0.05) is 11.3 Å². The summed E-state index contributed by atoms with van der Waals surface area (Å²) in [5.74, 6) is -2.07. The van der Waals surface area contributed by atoms with Crippen molar-refractivity contribution in [3.63, 3.8) is 0 Å². The monoisotopic (exact) mass is 851 g/mol. The zero-order chi connectivity index (χ0) is 33.4. The van der Waals surface area contributed by atoms with E-state index in [1.54, 1.807) is 6.08 Å². The summed E-state index contributed by atoms with van der Waals surface area (Å²) in [5.41, 5.74) is 9.92. The van der Waals surface area contributed by atoms with Crippen molar-refractivity contribution in [1.29, 1.82) is 0 Å². The van der Waals surface area contributed by atoms with Gasteiger partial charge < -0.3 is 25.5 Å². The molecule has 1 aromatic rings. The van der Waals surface area contributed by atoms with Crippen LogP contribution < -0.4 is 5.73 Å².